The number of carbonyl (C=O) groups excluding carboxylic acids is 4. The van der Waals surface area contributed by atoms with E-state index in [1.54, 1.807) is 47.6 Å². The third-order valence-corrected chi connectivity index (χ3v) is 14.9. The van der Waals surface area contributed by atoms with Crippen molar-refractivity contribution in [2.45, 2.75) is 147 Å². The molecule has 2 heterocycles. The van der Waals surface area contributed by atoms with E-state index in [1.165, 1.54) is 4.90 Å². The molecule has 0 radical (unpaired) electrons. The topological polar surface area (TPSA) is 231 Å². The van der Waals surface area contributed by atoms with Gasteiger partial charge in [0.2, 0.25) is 11.9 Å². The maximum atomic E-state index is 13.7. The number of benzene rings is 2. The number of hydrogen-bond acceptors (Lipinski definition) is 12. The molecule has 1 saturated heterocycles. The van der Waals surface area contributed by atoms with Gasteiger partial charge in [-0.1, -0.05) is 6.07 Å². The Hall–Kier alpha value is -5.10. The SMILES string of the molecule is CCN(CCNC(=O)[C@H](CCCN=C(N)NS(=O)(=O)c1c(C)c(C)c2c(c1C)CC(C)(C)O2)NC(=O)OC(C)(C)C)C(=O)Oc1ccc2c(c1O)[C@]13CCN(C)[C@H](C2)C1CCC(=O)C3. The molecule has 4 atom stereocenters. The maximum absolute atomic E-state index is 13.7. The van der Waals surface area contributed by atoms with Crippen LogP contribution in [0.2, 0.25) is 0 Å². The van der Waals surface area contributed by atoms with Crippen molar-refractivity contribution in [3.8, 4) is 17.2 Å². The number of likely N-dealkylation sites (N-methyl/N-ethyl adjacent to an activating group) is 2. The lowest BCUT2D eigenvalue weighted by molar-refractivity contribution is -0.127. The number of phenolic OH excluding ortho intramolecular Hbond substituents is 1. The van der Waals surface area contributed by atoms with E-state index < -0.39 is 50.8 Å². The molecule has 17 nitrogen and oxygen atoms in total. The van der Waals surface area contributed by atoms with E-state index >= 15 is 0 Å². The number of amides is 3. The predicted octanol–water partition coefficient (Wildman–Crippen LogP) is 4.80. The van der Waals surface area contributed by atoms with Crippen LogP contribution in [-0.4, -0.2) is 116 Å². The monoisotopic (exact) mass is 909 g/mol. The Kier molecular flexibility index (Phi) is 13.9. The van der Waals surface area contributed by atoms with Gasteiger partial charge in [0.25, 0.3) is 10.0 Å². The number of aliphatic imine (C=N–C) groups is 1. The number of nitrogens with zero attached hydrogens (tertiary/aromatic N) is 3. The molecule has 18 heteroatoms. The molecule has 2 bridgehead atoms. The molecule has 2 fully saturated rings. The molecule has 6 rings (SSSR count). The molecule has 2 aliphatic carbocycles. The van der Waals surface area contributed by atoms with Gasteiger partial charge in [0.05, 0.1) is 4.90 Å². The van der Waals surface area contributed by atoms with Gasteiger partial charge in [0.15, 0.2) is 11.5 Å². The molecule has 3 amide bonds. The van der Waals surface area contributed by atoms with Crippen LogP contribution in [0.25, 0.3) is 0 Å². The minimum Gasteiger partial charge on any atom is -0.504 e. The van der Waals surface area contributed by atoms with Crippen LogP contribution >= 0.6 is 0 Å². The average Bonchev–Trinajstić information content (AvgIpc) is 3.53. The second-order valence-electron chi connectivity index (χ2n) is 19.5. The van der Waals surface area contributed by atoms with Crippen molar-refractivity contribution in [1.29, 1.82) is 0 Å². The van der Waals surface area contributed by atoms with E-state index in [0.29, 0.717) is 36.1 Å². The largest absolute Gasteiger partial charge is 0.504 e. The molecule has 0 spiro atoms. The predicted molar refractivity (Wildman–Crippen MR) is 241 cm³/mol. The molecule has 2 aromatic rings. The number of ether oxygens (including phenoxy) is 3. The lowest BCUT2D eigenvalue weighted by atomic mass is 9.52. The van der Waals surface area contributed by atoms with Crippen molar-refractivity contribution >= 4 is 39.9 Å². The lowest BCUT2D eigenvalue weighted by Crippen LogP contribution is -2.60. The number of alkyl carbamates (subject to hydrolysis) is 1. The summed E-state index contributed by atoms with van der Waals surface area (Å²) in [5.74, 6) is 0.160. The number of sulfonamides is 1. The van der Waals surface area contributed by atoms with Gasteiger partial charge in [-0.15, -0.1) is 0 Å². The third-order valence-electron chi connectivity index (χ3n) is 13.3. The number of nitrogens with one attached hydrogen (secondary N) is 3. The Morgan fingerprint density at radius 2 is 1.84 bits per heavy atom. The number of ketones is 1. The summed E-state index contributed by atoms with van der Waals surface area (Å²) in [6.07, 6.45) is 2.47. The summed E-state index contributed by atoms with van der Waals surface area (Å²) >= 11 is 0. The minimum absolute atomic E-state index is 0.00372. The molecule has 1 saturated carbocycles. The first-order valence-corrected chi connectivity index (χ1v) is 23.8. The summed E-state index contributed by atoms with van der Waals surface area (Å²) < 4.78 is 47.0. The Labute approximate surface area is 377 Å². The molecular formula is C46H67N7O10S. The first-order valence-electron chi connectivity index (χ1n) is 22.3. The average molecular weight is 910 g/mol. The Morgan fingerprint density at radius 3 is 2.53 bits per heavy atom. The zero-order chi connectivity index (χ0) is 47.1. The Balaban J connectivity index is 1.07. The molecule has 2 aliphatic heterocycles. The van der Waals surface area contributed by atoms with Gasteiger partial charge in [-0.25, -0.2) is 22.7 Å². The molecular weight excluding hydrogens is 843 g/mol. The van der Waals surface area contributed by atoms with E-state index in [-0.39, 0.29) is 79.1 Å². The Bertz CT molecular complexity index is 2320. The van der Waals surface area contributed by atoms with Crippen molar-refractivity contribution in [3.63, 3.8) is 0 Å². The number of likely N-dealkylation sites (tertiary alicyclic amines) is 1. The Morgan fingerprint density at radius 1 is 1.12 bits per heavy atom. The number of aromatic hydroxyl groups is 1. The zero-order valence-corrected chi connectivity index (χ0v) is 39.8. The maximum Gasteiger partial charge on any atom is 0.415 e. The van der Waals surface area contributed by atoms with E-state index in [4.69, 9.17) is 19.9 Å². The van der Waals surface area contributed by atoms with Gasteiger partial charge >= 0.3 is 12.2 Å². The van der Waals surface area contributed by atoms with Crippen LogP contribution in [0.1, 0.15) is 113 Å². The van der Waals surface area contributed by atoms with Crippen LogP contribution < -0.4 is 30.6 Å². The molecule has 6 N–H and O–H groups in total. The molecule has 352 valence electrons. The van der Waals surface area contributed by atoms with E-state index in [0.717, 1.165) is 48.1 Å². The van der Waals surface area contributed by atoms with Gasteiger partial charge in [0, 0.05) is 68.0 Å². The zero-order valence-electron chi connectivity index (χ0n) is 39.0. The fourth-order valence-corrected chi connectivity index (χ4v) is 11.8. The van der Waals surface area contributed by atoms with Crippen molar-refractivity contribution in [2.24, 2.45) is 16.6 Å². The highest BCUT2D eigenvalue weighted by Crippen LogP contribution is 2.58. The fourth-order valence-electron chi connectivity index (χ4n) is 10.2. The number of piperidine rings is 1. The highest BCUT2D eigenvalue weighted by atomic mass is 32.2. The van der Waals surface area contributed by atoms with Gasteiger partial charge in [-0.05, 0) is 142 Å². The fraction of sp³-hybridized carbons (Fsp3) is 0.630. The number of fused-ring (bicyclic) bond motifs is 2. The summed E-state index contributed by atoms with van der Waals surface area (Å²) in [5.41, 5.74) is 8.70. The number of Topliss-reactive ketones (excluding diaryl/α,β-unsaturated/α-hetero) is 1. The molecule has 1 unspecified atom stereocenters. The highest BCUT2D eigenvalue weighted by molar-refractivity contribution is 7.90. The van der Waals surface area contributed by atoms with Gasteiger partial charge in [-0.3, -0.25) is 14.6 Å². The van der Waals surface area contributed by atoms with Gasteiger partial charge < -0.3 is 45.5 Å². The van der Waals surface area contributed by atoms with Crippen molar-refractivity contribution in [3.05, 3.63) is 45.5 Å². The third kappa shape index (κ3) is 10.1. The minimum atomic E-state index is -4.12. The van der Waals surface area contributed by atoms with Crippen LogP contribution in [0, 0.1) is 26.7 Å². The molecule has 0 aromatic heterocycles. The number of carbonyl (C=O) groups is 4. The molecule has 4 aliphatic rings. The van der Waals surface area contributed by atoms with Crippen LogP contribution in [0.4, 0.5) is 9.59 Å². The van der Waals surface area contributed by atoms with Crippen molar-refractivity contribution in [2.75, 3.05) is 39.8 Å². The lowest BCUT2D eigenvalue weighted by Gasteiger charge is -2.58. The number of nitrogens with two attached hydrogens (primary N) is 1. The van der Waals surface area contributed by atoms with E-state index in [2.05, 4.69) is 32.3 Å². The second-order valence-corrected chi connectivity index (χ2v) is 21.1. The quantitative estimate of drug-likeness (QED) is 0.104. The van der Waals surface area contributed by atoms with Crippen LogP contribution in [0.3, 0.4) is 0 Å². The van der Waals surface area contributed by atoms with Gasteiger partial charge in [0.1, 0.15) is 28.8 Å². The van der Waals surface area contributed by atoms with E-state index in [9.17, 15) is 32.7 Å². The standard InChI is InChI=1S/C46H67N7O10S/c1-11-53(43(58)61-35-17-14-29-23-34-32-16-15-30(54)24-46(32,18-21-52(34)10)36(29)37(35)55)22-20-48-40(56)33(50-42(57)63-44(5,6)7)13-12-19-49-41(47)51-64(59,60)39-27(3)26(2)38-31(28(39)4)25-45(8,9)62-38/h14,17,32-34,55H,11-13,15-16,18-25H2,1-10H3,(H,48,56)(H,50,57)(H3,47,49,51)/t32?,33-,34+,46-/m0/s1. The van der Waals surface area contributed by atoms with Crippen LogP contribution in [0.5, 0.6) is 17.2 Å². The summed E-state index contributed by atoms with van der Waals surface area (Å²) in [7, 11) is -2.01. The van der Waals surface area contributed by atoms with E-state index in [1.807, 2.05) is 26.8 Å². The number of guanidine groups is 1. The summed E-state index contributed by atoms with van der Waals surface area (Å²) in [5, 5.41) is 17.1. The van der Waals surface area contributed by atoms with Gasteiger partial charge in [-0.2, -0.15) is 0 Å². The van der Waals surface area contributed by atoms with Crippen LogP contribution in [0.15, 0.2) is 22.0 Å². The molecule has 64 heavy (non-hydrogen) atoms. The first kappa shape index (κ1) is 48.4. The van der Waals surface area contributed by atoms with Crippen molar-refractivity contribution in [1.82, 2.24) is 25.2 Å². The normalized spacial score (nSPS) is 22.0. The van der Waals surface area contributed by atoms with Crippen molar-refractivity contribution < 1.29 is 46.9 Å². The number of rotatable bonds is 13. The van der Waals surface area contributed by atoms with Crippen LogP contribution in [-0.2, 0) is 42.6 Å². The number of phenols is 1. The smallest absolute Gasteiger partial charge is 0.415 e. The summed E-state index contributed by atoms with van der Waals surface area (Å²) in [4.78, 5) is 60.8. The first-order chi connectivity index (χ1) is 29.9. The number of hydrogen-bond donors (Lipinski definition) is 5. The second kappa shape index (κ2) is 18.4. The highest BCUT2D eigenvalue weighted by Gasteiger charge is 2.56. The summed E-state index contributed by atoms with van der Waals surface area (Å²) in [6.45, 7) is 17.2. The summed E-state index contributed by atoms with van der Waals surface area (Å²) in [6, 6.07) is 2.70. The molecule has 2 aromatic carbocycles.